The van der Waals surface area contributed by atoms with E-state index in [0.717, 1.165) is 17.0 Å². The lowest BCUT2D eigenvalue weighted by molar-refractivity contribution is 0.0427. The van der Waals surface area contributed by atoms with Crippen molar-refractivity contribution in [2.75, 3.05) is 6.54 Å². The van der Waals surface area contributed by atoms with Crippen LogP contribution in [0.3, 0.4) is 0 Å². The standard InChI is InChI=1S/C21H19F4IN2O2/c1-10-6-13-12-4-2-3-5-16(12)28(21(29)30)19(13)20(27(10)9-17(24)25)18-14(22)7-11(26)8-15(18)23/h2-3,5-8,12-13,17,19-20H,4,9H2,1H3,(H,29,30)/t12?,13?,19?,20-/m1/s1. The van der Waals surface area contributed by atoms with Crippen molar-refractivity contribution < 1.29 is 27.5 Å². The Hall–Kier alpha value is -2.04. The van der Waals surface area contributed by atoms with Crippen molar-refractivity contribution in [2.24, 2.45) is 11.8 Å². The number of halogens is 5. The molecule has 1 amide bonds. The number of likely N-dealkylation sites (tertiary alicyclic amines) is 1. The molecule has 1 N–H and O–H groups in total. The first kappa shape index (κ1) is 21.2. The Morgan fingerprint density at radius 1 is 1.30 bits per heavy atom. The van der Waals surface area contributed by atoms with Crippen LogP contribution in [0.2, 0.25) is 0 Å². The predicted molar refractivity (Wildman–Crippen MR) is 111 cm³/mol. The number of carbonyl (C=O) groups is 1. The molecule has 0 saturated carbocycles. The van der Waals surface area contributed by atoms with E-state index in [1.807, 2.05) is 6.08 Å². The van der Waals surface area contributed by atoms with Crippen LogP contribution >= 0.6 is 22.6 Å². The van der Waals surface area contributed by atoms with Crippen molar-refractivity contribution in [1.29, 1.82) is 0 Å². The van der Waals surface area contributed by atoms with Crippen molar-refractivity contribution >= 4 is 28.7 Å². The van der Waals surface area contributed by atoms with Crippen LogP contribution in [0.5, 0.6) is 0 Å². The van der Waals surface area contributed by atoms with Gasteiger partial charge < -0.3 is 10.0 Å². The zero-order valence-electron chi connectivity index (χ0n) is 15.9. The molecule has 2 heterocycles. The second kappa shape index (κ2) is 7.90. The zero-order valence-corrected chi connectivity index (χ0v) is 18.1. The van der Waals surface area contributed by atoms with Crippen molar-refractivity contribution in [3.63, 3.8) is 0 Å². The van der Waals surface area contributed by atoms with Crippen LogP contribution in [-0.4, -0.2) is 40.0 Å². The minimum absolute atomic E-state index is 0.197. The van der Waals surface area contributed by atoms with Gasteiger partial charge in [0.15, 0.2) is 0 Å². The van der Waals surface area contributed by atoms with Gasteiger partial charge in [-0.05, 0) is 54.1 Å². The summed E-state index contributed by atoms with van der Waals surface area (Å²) in [5.74, 6) is -2.32. The molecule has 2 aliphatic heterocycles. The van der Waals surface area contributed by atoms with Crippen molar-refractivity contribution in [3.05, 3.63) is 68.6 Å². The summed E-state index contributed by atoms with van der Waals surface area (Å²) in [7, 11) is 0. The van der Waals surface area contributed by atoms with Gasteiger partial charge in [-0.25, -0.2) is 22.4 Å². The van der Waals surface area contributed by atoms with Crippen LogP contribution in [0.25, 0.3) is 0 Å². The number of fused-ring (bicyclic) bond motifs is 3. The molecule has 0 aromatic heterocycles. The van der Waals surface area contributed by atoms with Gasteiger partial charge >= 0.3 is 6.09 Å². The average molecular weight is 534 g/mol. The van der Waals surface area contributed by atoms with Gasteiger partial charge in [0.25, 0.3) is 6.43 Å². The number of benzene rings is 1. The third kappa shape index (κ3) is 3.40. The number of hydrogen-bond donors (Lipinski definition) is 1. The number of allylic oxidation sites excluding steroid dienone is 5. The Morgan fingerprint density at radius 3 is 2.57 bits per heavy atom. The minimum Gasteiger partial charge on any atom is -0.465 e. The molecule has 3 unspecified atom stereocenters. The maximum absolute atomic E-state index is 15.0. The molecule has 0 spiro atoms. The van der Waals surface area contributed by atoms with Gasteiger partial charge in [-0.3, -0.25) is 4.90 Å². The van der Waals surface area contributed by atoms with E-state index < -0.39 is 42.8 Å². The van der Waals surface area contributed by atoms with Crippen molar-refractivity contribution in [1.82, 2.24) is 9.80 Å². The quantitative estimate of drug-likeness (QED) is 0.410. The van der Waals surface area contributed by atoms with E-state index in [4.69, 9.17) is 0 Å². The van der Waals surface area contributed by atoms with E-state index in [1.165, 1.54) is 4.90 Å². The molecule has 1 fully saturated rings. The molecule has 0 radical (unpaired) electrons. The van der Waals surface area contributed by atoms with E-state index in [2.05, 4.69) is 0 Å². The number of amides is 1. The Balaban J connectivity index is 1.94. The van der Waals surface area contributed by atoms with Crippen molar-refractivity contribution in [3.8, 4) is 0 Å². The van der Waals surface area contributed by atoms with Gasteiger partial charge in [0.05, 0.1) is 18.6 Å². The fraction of sp³-hybridized carbons (Fsp3) is 0.381. The summed E-state index contributed by atoms with van der Waals surface area (Å²) in [4.78, 5) is 14.6. The lowest BCUT2D eigenvalue weighted by Crippen LogP contribution is -2.50. The van der Waals surface area contributed by atoms with Gasteiger partial charge in [0, 0.05) is 32.4 Å². The zero-order chi connectivity index (χ0) is 21.7. The van der Waals surface area contributed by atoms with E-state index in [-0.39, 0.29) is 17.4 Å². The number of rotatable bonds is 3. The Bertz CT molecular complexity index is 955. The van der Waals surface area contributed by atoms with E-state index in [1.54, 1.807) is 47.7 Å². The molecule has 1 aliphatic carbocycles. The summed E-state index contributed by atoms with van der Waals surface area (Å²) < 4.78 is 57.2. The summed E-state index contributed by atoms with van der Waals surface area (Å²) in [6, 6.07) is 0.130. The van der Waals surface area contributed by atoms with E-state index in [9.17, 15) is 18.7 Å². The molecule has 30 heavy (non-hydrogen) atoms. The molecular weight excluding hydrogens is 515 g/mol. The first-order chi connectivity index (χ1) is 14.2. The molecule has 1 saturated heterocycles. The van der Waals surface area contributed by atoms with Crippen LogP contribution in [0.4, 0.5) is 22.4 Å². The highest BCUT2D eigenvalue weighted by molar-refractivity contribution is 14.1. The Morgan fingerprint density at radius 2 is 1.97 bits per heavy atom. The smallest absolute Gasteiger partial charge is 0.411 e. The molecule has 0 bridgehead atoms. The normalized spacial score (nSPS) is 27.7. The highest BCUT2D eigenvalue weighted by Gasteiger charge is 2.55. The van der Waals surface area contributed by atoms with Crippen LogP contribution in [-0.2, 0) is 0 Å². The second-order valence-corrected chi connectivity index (χ2v) is 8.91. The summed E-state index contributed by atoms with van der Waals surface area (Å²) in [5.41, 5.74) is 0.608. The maximum atomic E-state index is 15.0. The highest BCUT2D eigenvalue weighted by Crippen LogP contribution is 2.52. The second-order valence-electron chi connectivity index (χ2n) is 7.66. The van der Waals surface area contributed by atoms with E-state index in [0.29, 0.717) is 21.4 Å². The van der Waals surface area contributed by atoms with Gasteiger partial charge in [-0.1, -0.05) is 18.2 Å². The van der Waals surface area contributed by atoms with Gasteiger partial charge in [0.2, 0.25) is 0 Å². The maximum Gasteiger partial charge on any atom is 0.411 e. The summed E-state index contributed by atoms with van der Waals surface area (Å²) in [6.45, 7) is 0.871. The number of alkyl halides is 2. The van der Waals surface area contributed by atoms with Gasteiger partial charge in [-0.15, -0.1) is 0 Å². The summed E-state index contributed by atoms with van der Waals surface area (Å²) >= 11 is 1.77. The van der Waals surface area contributed by atoms with E-state index >= 15 is 8.78 Å². The average Bonchev–Trinajstić information content (AvgIpc) is 2.97. The van der Waals surface area contributed by atoms with Gasteiger partial charge in [-0.2, -0.15) is 0 Å². The largest absolute Gasteiger partial charge is 0.465 e. The number of hydrogen-bond acceptors (Lipinski definition) is 2. The number of nitrogens with zero attached hydrogens (tertiary/aromatic N) is 2. The van der Waals surface area contributed by atoms with Crippen molar-refractivity contribution in [2.45, 2.75) is 31.9 Å². The Labute approximate surface area is 184 Å². The predicted octanol–water partition coefficient (Wildman–Crippen LogP) is 5.53. The summed E-state index contributed by atoms with van der Waals surface area (Å²) in [5, 5.41) is 9.96. The van der Waals surface area contributed by atoms with Crippen LogP contribution in [0, 0.1) is 27.0 Å². The van der Waals surface area contributed by atoms with Crippen LogP contribution in [0.15, 0.2) is 47.8 Å². The SMILES string of the molecule is CC1=CC2C3CC=CC=C3N(C(=O)O)C2[C@@H](c2c(F)cc(I)cc2F)N1CC(F)F. The third-order valence-corrected chi connectivity index (χ3v) is 6.66. The van der Waals surface area contributed by atoms with Crippen LogP contribution in [0.1, 0.15) is 24.9 Å². The molecule has 160 valence electrons. The fourth-order valence-electron chi connectivity index (χ4n) is 4.98. The first-order valence-corrected chi connectivity index (χ1v) is 10.5. The lowest BCUT2D eigenvalue weighted by Gasteiger charge is -2.45. The molecule has 4 nitrogen and oxygen atoms in total. The molecule has 1 aromatic carbocycles. The topological polar surface area (TPSA) is 43.8 Å². The Kier molecular flexibility index (Phi) is 5.58. The fourth-order valence-corrected chi connectivity index (χ4v) is 5.53. The first-order valence-electron chi connectivity index (χ1n) is 9.47. The summed E-state index contributed by atoms with van der Waals surface area (Å²) in [6.07, 6.45) is 3.64. The number of carboxylic acid groups (broad SMARTS) is 1. The highest BCUT2D eigenvalue weighted by atomic mass is 127. The molecule has 9 heteroatoms. The molecule has 1 aromatic rings. The molecule has 4 rings (SSSR count). The minimum atomic E-state index is -2.76. The van der Waals surface area contributed by atoms with Gasteiger partial charge in [0.1, 0.15) is 11.6 Å². The third-order valence-electron chi connectivity index (χ3n) is 6.03. The monoisotopic (exact) mass is 534 g/mol. The molecular formula is C21H19F4IN2O2. The molecule has 3 aliphatic rings. The van der Waals surface area contributed by atoms with Crippen LogP contribution < -0.4 is 0 Å². The lowest BCUT2D eigenvalue weighted by atomic mass is 9.77. The molecule has 4 atom stereocenters.